The molecule has 0 spiro atoms. The van der Waals surface area contributed by atoms with Crippen molar-refractivity contribution < 1.29 is 14.0 Å². The number of nitrogens with one attached hydrogen (secondary N) is 2. The van der Waals surface area contributed by atoms with Gasteiger partial charge in [0.2, 0.25) is 11.8 Å². The molecule has 2 aromatic rings. The third-order valence-electron chi connectivity index (χ3n) is 4.19. The second-order valence-electron chi connectivity index (χ2n) is 6.02. The molecular formula is C19H19FN2O2. The third kappa shape index (κ3) is 3.98. The standard InChI is InChI=1S/C19H19FN2O2/c20-16-10-9-15(21-19(24)14-7-4-8-14)12-17(16)22-18(23)11-13-5-2-1-3-6-13/h1-3,5-6,9-10,12,14H,4,7-8,11H2,(H,21,24)(H,22,23). The van der Waals surface area contributed by atoms with Gasteiger partial charge in [-0.25, -0.2) is 4.39 Å². The number of benzene rings is 2. The van der Waals surface area contributed by atoms with E-state index in [9.17, 15) is 14.0 Å². The average Bonchev–Trinajstić information content (AvgIpc) is 2.50. The van der Waals surface area contributed by atoms with Gasteiger partial charge in [-0.05, 0) is 36.6 Å². The molecule has 0 atom stereocenters. The smallest absolute Gasteiger partial charge is 0.228 e. The van der Waals surface area contributed by atoms with Crippen molar-refractivity contribution in [2.75, 3.05) is 10.6 Å². The number of carbonyl (C=O) groups is 2. The third-order valence-corrected chi connectivity index (χ3v) is 4.19. The highest BCUT2D eigenvalue weighted by molar-refractivity contribution is 5.95. The van der Waals surface area contributed by atoms with Crippen LogP contribution in [0.1, 0.15) is 24.8 Å². The van der Waals surface area contributed by atoms with Crippen molar-refractivity contribution in [1.29, 1.82) is 0 Å². The van der Waals surface area contributed by atoms with Crippen molar-refractivity contribution in [3.8, 4) is 0 Å². The molecule has 4 nitrogen and oxygen atoms in total. The molecule has 0 radical (unpaired) electrons. The highest BCUT2D eigenvalue weighted by Gasteiger charge is 2.25. The molecule has 5 heteroatoms. The van der Waals surface area contributed by atoms with Crippen LogP contribution in [0.15, 0.2) is 48.5 Å². The summed E-state index contributed by atoms with van der Waals surface area (Å²) in [5.74, 6) is -0.832. The Bertz CT molecular complexity index is 742. The van der Waals surface area contributed by atoms with Crippen molar-refractivity contribution in [2.45, 2.75) is 25.7 Å². The van der Waals surface area contributed by atoms with E-state index in [1.165, 1.54) is 18.2 Å². The van der Waals surface area contributed by atoms with Crippen LogP contribution in [0.2, 0.25) is 0 Å². The summed E-state index contributed by atoms with van der Waals surface area (Å²) in [4.78, 5) is 24.0. The van der Waals surface area contributed by atoms with Crippen molar-refractivity contribution in [2.24, 2.45) is 5.92 Å². The zero-order valence-corrected chi connectivity index (χ0v) is 13.2. The molecule has 1 fully saturated rings. The van der Waals surface area contributed by atoms with Crippen molar-refractivity contribution >= 4 is 23.2 Å². The second kappa shape index (κ2) is 7.25. The van der Waals surface area contributed by atoms with Crippen LogP contribution >= 0.6 is 0 Å². The van der Waals surface area contributed by atoms with Gasteiger partial charge in [-0.1, -0.05) is 36.8 Å². The minimum Gasteiger partial charge on any atom is -0.326 e. The predicted molar refractivity (Wildman–Crippen MR) is 91.1 cm³/mol. The highest BCUT2D eigenvalue weighted by Crippen LogP contribution is 2.28. The van der Waals surface area contributed by atoms with E-state index in [1.54, 1.807) is 0 Å². The highest BCUT2D eigenvalue weighted by atomic mass is 19.1. The van der Waals surface area contributed by atoms with Gasteiger partial charge in [-0.15, -0.1) is 0 Å². The van der Waals surface area contributed by atoms with Gasteiger partial charge in [0, 0.05) is 11.6 Å². The van der Waals surface area contributed by atoms with Gasteiger partial charge in [0.05, 0.1) is 12.1 Å². The molecule has 1 saturated carbocycles. The first-order chi connectivity index (χ1) is 11.6. The summed E-state index contributed by atoms with van der Waals surface area (Å²) in [6.07, 6.45) is 3.03. The molecule has 2 aromatic carbocycles. The Labute approximate surface area is 140 Å². The Hall–Kier alpha value is -2.69. The largest absolute Gasteiger partial charge is 0.326 e. The lowest BCUT2D eigenvalue weighted by atomic mass is 9.85. The van der Waals surface area contributed by atoms with Crippen LogP contribution in [-0.2, 0) is 16.0 Å². The maximum absolute atomic E-state index is 13.9. The summed E-state index contributed by atoms with van der Waals surface area (Å²) in [5, 5.41) is 5.34. The lowest BCUT2D eigenvalue weighted by molar-refractivity contribution is -0.122. The second-order valence-corrected chi connectivity index (χ2v) is 6.02. The van der Waals surface area contributed by atoms with E-state index in [4.69, 9.17) is 0 Å². The number of hydrogen-bond acceptors (Lipinski definition) is 2. The van der Waals surface area contributed by atoms with Crippen LogP contribution in [0.25, 0.3) is 0 Å². The van der Waals surface area contributed by atoms with E-state index in [-0.39, 0.29) is 29.8 Å². The predicted octanol–water partition coefficient (Wildman–Crippen LogP) is 3.75. The molecule has 0 unspecified atom stereocenters. The topological polar surface area (TPSA) is 58.2 Å². The van der Waals surface area contributed by atoms with Crippen LogP contribution in [0.3, 0.4) is 0 Å². The Morgan fingerprint density at radius 1 is 1.04 bits per heavy atom. The van der Waals surface area contributed by atoms with Crippen molar-refractivity contribution in [3.05, 3.63) is 59.9 Å². The summed E-state index contributed by atoms with van der Waals surface area (Å²) in [5.41, 5.74) is 1.41. The molecule has 0 bridgehead atoms. The van der Waals surface area contributed by atoms with Gasteiger partial charge < -0.3 is 10.6 Å². The molecule has 2 amide bonds. The monoisotopic (exact) mass is 326 g/mol. The molecule has 0 saturated heterocycles. The van der Waals surface area contributed by atoms with Crippen molar-refractivity contribution in [1.82, 2.24) is 0 Å². The van der Waals surface area contributed by atoms with E-state index < -0.39 is 5.82 Å². The Morgan fingerprint density at radius 2 is 1.79 bits per heavy atom. The minimum atomic E-state index is -0.530. The number of amides is 2. The van der Waals surface area contributed by atoms with Crippen LogP contribution in [0.5, 0.6) is 0 Å². The number of halogens is 1. The first-order valence-corrected chi connectivity index (χ1v) is 8.06. The maximum atomic E-state index is 13.9. The van der Waals surface area contributed by atoms with Crippen LogP contribution in [0, 0.1) is 11.7 Å². The molecule has 24 heavy (non-hydrogen) atoms. The average molecular weight is 326 g/mol. The van der Waals surface area contributed by atoms with Crippen molar-refractivity contribution in [3.63, 3.8) is 0 Å². The molecule has 0 aromatic heterocycles. The molecular weight excluding hydrogens is 307 g/mol. The van der Waals surface area contributed by atoms with Gasteiger partial charge in [0.25, 0.3) is 0 Å². The first-order valence-electron chi connectivity index (χ1n) is 8.06. The number of rotatable bonds is 5. The Morgan fingerprint density at radius 3 is 2.46 bits per heavy atom. The molecule has 1 aliphatic rings. The molecule has 0 aliphatic heterocycles. The fourth-order valence-electron chi connectivity index (χ4n) is 2.59. The summed E-state index contributed by atoms with van der Waals surface area (Å²) in [6.45, 7) is 0. The minimum absolute atomic E-state index is 0.0468. The van der Waals surface area contributed by atoms with Gasteiger partial charge in [-0.2, -0.15) is 0 Å². The zero-order valence-electron chi connectivity index (χ0n) is 13.2. The molecule has 124 valence electrons. The summed E-state index contributed by atoms with van der Waals surface area (Å²) in [6, 6.07) is 13.4. The zero-order chi connectivity index (χ0) is 16.9. The van der Waals surface area contributed by atoms with E-state index in [1.807, 2.05) is 30.3 Å². The Kier molecular flexibility index (Phi) is 4.89. The molecule has 3 rings (SSSR count). The SMILES string of the molecule is O=C(Cc1ccccc1)Nc1cc(NC(=O)C2CCC2)ccc1F. The van der Waals surface area contributed by atoms with E-state index >= 15 is 0 Å². The van der Waals surface area contributed by atoms with Gasteiger partial charge in [-0.3, -0.25) is 9.59 Å². The lowest BCUT2D eigenvalue weighted by Gasteiger charge is -2.24. The van der Waals surface area contributed by atoms with Crippen LogP contribution in [-0.4, -0.2) is 11.8 Å². The fourth-order valence-corrected chi connectivity index (χ4v) is 2.59. The van der Waals surface area contributed by atoms with Gasteiger partial charge in [0.15, 0.2) is 0 Å². The maximum Gasteiger partial charge on any atom is 0.228 e. The molecule has 1 aliphatic carbocycles. The lowest BCUT2D eigenvalue weighted by Crippen LogP contribution is -2.28. The summed E-state index contributed by atoms with van der Waals surface area (Å²) >= 11 is 0. The van der Waals surface area contributed by atoms with E-state index in [2.05, 4.69) is 10.6 Å². The molecule has 2 N–H and O–H groups in total. The number of anilines is 2. The number of carbonyl (C=O) groups excluding carboxylic acids is 2. The van der Waals surface area contributed by atoms with E-state index in [0.717, 1.165) is 24.8 Å². The van der Waals surface area contributed by atoms with Gasteiger partial charge >= 0.3 is 0 Å². The van der Waals surface area contributed by atoms with Crippen LogP contribution < -0.4 is 10.6 Å². The number of hydrogen-bond donors (Lipinski definition) is 2. The Balaban J connectivity index is 1.65. The summed E-state index contributed by atoms with van der Waals surface area (Å²) < 4.78 is 13.9. The molecule has 0 heterocycles. The summed E-state index contributed by atoms with van der Waals surface area (Å²) in [7, 11) is 0. The van der Waals surface area contributed by atoms with E-state index in [0.29, 0.717) is 5.69 Å². The normalized spacial score (nSPS) is 13.9. The fraction of sp³-hybridized carbons (Fsp3) is 0.263. The quantitative estimate of drug-likeness (QED) is 0.879. The van der Waals surface area contributed by atoms with Crippen LogP contribution in [0.4, 0.5) is 15.8 Å². The first kappa shape index (κ1) is 16.2. The van der Waals surface area contributed by atoms with Gasteiger partial charge in [0.1, 0.15) is 5.82 Å².